The van der Waals surface area contributed by atoms with Gasteiger partial charge in [-0.15, -0.1) is 0 Å². The van der Waals surface area contributed by atoms with Crippen LogP contribution in [0, 0.1) is 5.82 Å². The summed E-state index contributed by atoms with van der Waals surface area (Å²) in [6, 6.07) is 29.6. The number of rotatable bonds is 11. The molecule has 0 radical (unpaired) electrons. The summed E-state index contributed by atoms with van der Waals surface area (Å²) in [5.41, 5.74) is 7.83. The first-order valence-electron chi connectivity index (χ1n) is 20.0. The minimum Gasteiger partial charge on any atom is -0.462 e. The molecule has 0 saturated heterocycles. The van der Waals surface area contributed by atoms with E-state index in [1.54, 1.807) is 25.1 Å². The topological polar surface area (TPSA) is 134 Å². The van der Waals surface area contributed by atoms with E-state index in [4.69, 9.17) is 44.3 Å². The minimum absolute atomic E-state index is 0.00121. The number of anilines is 2. The van der Waals surface area contributed by atoms with Crippen LogP contribution in [0.4, 0.5) is 16.0 Å². The number of H-pyrrole nitrogens is 2. The molecule has 8 rings (SSSR count). The molecule has 4 N–H and O–H groups in total. The van der Waals surface area contributed by atoms with Gasteiger partial charge in [0.05, 0.1) is 62.7 Å². The highest BCUT2D eigenvalue weighted by Crippen LogP contribution is 2.49. The number of aromatic nitrogens is 4. The zero-order chi connectivity index (χ0) is 43.2. The number of benzene rings is 4. The van der Waals surface area contributed by atoms with Gasteiger partial charge in [0.25, 0.3) is 0 Å². The smallest absolute Gasteiger partial charge is 0.336 e. The van der Waals surface area contributed by atoms with Crippen LogP contribution in [-0.2, 0) is 19.1 Å². The Bertz CT molecular complexity index is 2630. The van der Waals surface area contributed by atoms with E-state index < -0.39 is 23.6 Å². The monoisotopic (exact) mass is 880 g/mol. The summed E-state index contributed by atoms with van der Waals surface area (Å²) in [5, 5.41) is 22.4. The summed E-state index contributed by atoms with van der Waals surface area (Å²) >= 11 is 19.1. The van der Waals surface area contributed by atoms with Crippen LogP contribution in [0.5, 0.6) is 0 Å². The Balaban J connectivity index is 0.000000184. The molecule has 0 amide bonds. The molecule has 2 atom stereocenters. The van der Waals surface area contributed by atoms with Gasteiger partial charge in [0, 0.05) is 39.2 Å². The number of hydrogen-bond acceptors (Lipinski definition) is 8. The molecule has 10 nitrogen and oxygen atoms in total. The molecule has 0 saturated carbocycles. The van der Waals surface area contributed by atoms with Crippen molar-refractivity contribution in [3.05, 3.63) is 163 Å². The zero-order valence-corrected chi connectivity index (χ0v) is 36.2. The first-order chi connectivity index (χ1) is 29.5. The molecule has 0 fully saturated rings. The molecular weight excluding hydrogens is 838 g/mol. The Kier molecular flexibility index (Phi) is 13.6. The second-order valence-corrected chi connectivity index (χ2v) is 15.8. The molecule has 4 heterocycles. The molecule has 0 spiro atoms. The third kappa shape index (κ3) is 8.82. The molecule has 61 heavy (non-hydrogen) atoms. The lowest BCUT2D eigenvalue weighted by Gasteiger charge is -2.29. The van der Waals surface area contributed by atoms with Crippen molar-refractivity contribution in [1.29, 1.82) is 0 Å². The lowest BCUT2D eigenvalue weighted by Crippen LogP contribution is -2.25. The van der Waals surface area contributed by atoms with Crippen LogP contribution >= 0.6 is 34.8 Å². The molecule has 2 aliphatic heterocycles. The highest BCUT2D eigenvalue weighted by molar-refractivity contribution is 6.42. The van der Waals surface area contributed by atoms with Crippen LogP contribution in [0.1, 0.15) is 81.0 Å². The molecule has 314 valence electrons. The van der Waals surface area contributed by atoms with Gasteiger partial charge >= 0.3 is 11.9 Å². The summed E-state index contributed by atoms with van der Waals surface area (Å²) in [5.74, 6) is -1.29. The van der Waals surface area contributed by atoms with Crippen LogP contribution in [0.2, 0.25) is 15.1 Å². The van der Waals surface area contributed by atoms with E-state index in [0.717, 1.165) is 53.0 Å². The summed E-state index contributed by atoms with van der Waals surface area (Å²) in [6.07, 6.45) is 2.40. The SMILES string of the molecule is CCCCOC(=O)C1=C(C)Nc2[nH]nc(-c3ccccc3)c2C1c1cccc(Cl)c1F.CCCOC(=O)C1=C(C)Nc2[nH]nc(-c3ccccc3)c2C1c1cccc(Cl)c1Cl. The van der Waals surface area contributed by atoms with E-state index in [9.17, 15) is 9.59 Å². The van der Waals surface area contributed by atoms with Crippen molar-refractivity contribution in [3.63, 3.8) is 0 Å². The van der Waals surface area contributed by atoms with Crippen molar-refractivity contribution >= 4 is 58.4 Å². The van der Waals surface area contributed by atoms with Crippen LogP contribution in [-0.4, -0.2) is 45.5 Å². The zero-order valence-electron chi connectivity index (χ0n) is 34.0. The molecule has 2 aliphatic rings. The number of hydrogen-bond donors (Lipinski definition) is 4. The second-order valence-electron chi connectivity index (χ2n) is 14.6. The normalized spacial score (nSPS) is 15.5. The maximum Gasteiger partial charge on any atom is 0.336 e. The molecule has 14 heteroatoms. The van der Waals surface area contributed by atoms with Crippen molar-refractivity contribution < 1.29 is 23.5 Å². The molecule has 2 unspecified atom stereocenters. The number of allylic oxidation sites excluding steroid dienone is 2. The Labute approximate surface area is 368 Å². The van der Waals surface area contributed by atoms with Crippen molar-refractivity contribution in [2.24, 2.45) is 0 Å². The van der Waals surface area contributed by atoms with Crippen LogP contribution in [0.15, 0.2) is 120 Å². The predicted octanol–water partition coefficient (Wildman–Crippen LogP) is 12.2. The van der Waals surface area contributed by atoms with Gasteiger partial charge in [-0.3, -0.25) is 10.2 Å². The van der Waals surface area contributed by atoms with E-state index in [-0.39, 0.29) is 11.0 Å². The number of nitrogens with zero attached hydrogens (tertiary/aromatic N) is 2. The fraction of sp³-hybridized carbons (Fsp3) is 0.234. The van der Waals surface area contributed by atoms with Gasteiger partial charge in [-0.05, 0) is 44.4 Å². The lowest BCUT2D eigenvalue weighted by molar-refractivity contribution is -0.140. The fourth-order valence-corrected chi connectivity index (χ4v) is 8.23. The number of esters is 2. The van der Waals surface area contributed by atoms with Crippen LogP contribution in [0.3, 0.4) is 0 Å². The van der Waals surface area contributed by atoms with Crippen molar-refractivity contribution in [2.75, 3.05) is 23.8 Å². The molecule has 0 bridgehead atoms. The lowest BCUT2D eigenvalue weighted by atomic mass is 9.80. The van der Waals surface area contributed by atoms with E-state index in [1.165, 1.54) is 6.07 Å². The van der Waals surface area contributed by atoms with Gasteiger partial charge in [-0.2, -0.15) is 10.2 Å². The number of unbranched alkanes of at least 4 members (excludes halogenated alkanes) is 1. The van der Waals surface area contributed by atoms with Crippen molar-refractivity contribution in [1.82, 2.24) is 20.4 Å². The standard InChI is InChI=1S/C24H23ClFN3O2.C23H21Cl2N3O2/c1-3-4-13-31-24(30)18-14(2)27-23-20(19(18)16-11-8-12-17(25)21(16)26)22(28-29-23)15-9-6-5-7-10-15;1-3-12-30-23(29)17-13(2)26-22-19(18(17)15-10-7-11-16(24)20(15)25)21(27-28-22)14-8-5-4-6-9-14/h5-12,19H,3-4,13H2,1-2H3,(H2,27,28,29);4-11,18H,3,12H2,1-2H3,(H2,26,27,28). The minimum atomic E-state index is -0.724. The van der Waals surface area contributed by atoms with Crippen molar-refractivity contribution in [3.8, 4) is 22.5 Å². The van der Waals surface area contributed by atoms with Gasteiger partial charge in [-0.25, -0.2) is 14.0 Å². The Morgan fingerprint density at radius 1 is 0.623 bits per heavy atom. The van der Waals surface area contributed by atoms with Gasteiger partial charge in [-0.1, -0.05) is 140 Å². The fourth-order valence-electron chi connectivity index (χ4n) is 7.63. The van der Waals surface area contributed by atoms with E-state index in [1.807, 2.05) is 93.6 Å². The summed E-state index contributed by atoms with van der Waals surface area (Å²) in [4.78, 5) is 26.2. The highest BCUT2D eigenvalue weighted by Gasteiger charge is 2.40. The van der Waals surface area contributed by atoms with E-state index in [2.05, 4.69) is 31.0 Å². The third-order valence-corrected chi connectivity index (χ3v) is 11.6. The predicted molar refractivity (Wildman–Crippen MR) is 239 cm³/mol. The second kappa shape index (κ2) is 19.2. The van der Waals surface area contributed by atoms with Crippen molar-refractivity contribution in [2.45, 2.75) is 58.8 Å². The highest BCUT2D eigenvalue weighted by atomic mass is 35.5. The quantitative estimate of drug-likeness (QED) is 0.0747. The summed E-state index contributed by atoms with van der Waals surface area (Å²) in [7, 11) is 0. The van der Waals surface area contributed by atoms with Gasteiger partial charge < -0.3 is 20.1 Å². The molecule has 6 aromatic rings. The Morgan fingerprint density at radius 3 is 1.61 bits per heavy atom. The van der Waals surface area contributed by atoms with Gasteiger partial charge in [0.2, 0.25) is 0 Å². The third-order valence-electron chi connectivity index (χ3n) is 10.5. The maximum absolute atomic E-state index is 15.2. The number of carbonyl (C=O) groups is 2. The van der Waals surface area contributed by atoms with Gasteiger partial charge in [0.1, 0.15) is 17.5 Å². The summed E-state index contributed by atoms with van der Waals surface area (Å²) in [6.45, 7) is 8.25. The van der Waals surface area contributed by atoms with E-state index in [0.29, 0.717) is 68.4 Å². The Morgan fingerprint density at radius 2 is 1.10 bits per heavy atom. The number of aromatic amines is 2. The average Bonchev–Trinajstić information content (AvgIpc) is 3.89. The first kappa shape index (κ1) is 43.2. The molecule has 0 aliphatic carbocycles. The van der Waals surface area contributed by atoms with Gasteiger partial charge in [0.15, 0.2) is 0 Å². The molecular formula is C47H44Cl3FN6O4. The average molecular weight is 882 g/mol. The maximum atomic E-state index is 15.2. The molecule has 4 aromatic carbocycles. The Hall–Kier alpha value is -5.88. The number of nitrogens with one attached hydrogen (secondary N) is 4. The summed E-state index contributed by atoms with van der Waals surface area (Å²) < 4.78 is 26.3. The van der Waals surface area contributed by atoms with Crippen LogP contribution < -0.4 is 10.6 Å². The number of carbonyl (C=O) groups excluding carboxylic acids is 2. The molecule has 2 aromatic heterocycles. The first-order valence-corrected chi connectivity index (χ1v) is 21.1. The van der Waals surface area contributed by atoms with Crippen LogP contribution in [0.25, 0.3) is 22.5 Å². The number of ether oxygens (including phenoxy) is 2. The van der Waals surface area contributed by atoms with E-state index >= 15 is 4.39 Å². The number of halogens is 4. The number of fused-ring (bicyclic) bond motifs is 2. The largest absolute Gasteiger partial charge is 0.462 e.